The Morgan fingerprint density at radius 2 is 2.16 bits per heavy atom. The van der Waals surface area contributed by atoms with Crippen LogP contribution in [0.25, 0.3) is 0 Å². The molecule has 2 N–H and O–H groups in total. The Morgan fingerprint density at radius 3 is 2.79 bits per heavy atom. The average molecular weight is 292 g/mol. The van der Waals surface area contributed by atoms with E-state index in [9.17, 15) is 8.42 Å². The van der Waals surface area contributed by atoms with Crippen LogP contribution in [0.4, 0.5) is 0 Å². The van der Waals surface area contributed by atoms with E-state index in [2.05, 4.69) is 4.72 Å². The molecule has 1 saturated heterocycles. The van der Waals surface area contributed by atoms with Crippen LogP contribution in [0.1, 0.15) is 32.1 Å². The monoisotopic (exact) mass is 292 g/mol. The zero-order valence-corrected chi connectivity index (χ0v) is 12.2. The molecule has 1 aliphatic carbocycles. The molecular formula is C12H24N2O4S. The van der Waals surface area contributed by atoms with Gasteiger partial charge in [0.2, 0.25) is 0 Å². The van der Waals surface area contributed by atoms with Crippen LogP contribution in [-0.2, 0) is 14.9 Å². The lowest BCUT2D eigenvalue weighted by Gasteiger charge is -2.31. The Morgan fingerprint density at radius 1 is 1.37 bits per heavy atom. The maximum Gasteiger partial charge on any atom is 0.279 e. The molecular weight excluding hydrogens is 268 g/mol. The van der Waals surface area contributed by atoms with Crippen molar-refractivity contribution in [1.29, 1.82) is 0 Å². The van der Waals surface area contributed by atoms with Crippen LogP contribution in [0.5, 0.6) is 0 Å². The van der Waals surface area contributed by atoms with Crippen molar-refractivity contribution in [3.63, 3.8) is 0 Å². The number of nitrogens with zero attached hydrogens (tertiary/aromatic N) is 1. The van der Waals surface area contributed by atoms with E-state index in [1.165, 1.54) is 4.31 Å². The molecule has 0 aromatic heterocycles. The molecule has 6 nitrogen and oxygen atoms in total. The van der Waals surface area contributed by atoms with Crippen LogP contribution >= 0.6 is 0 Å². The first kappa shape index (κ1) is 15.2. The minimum absolute atomic E-state index is 0.0237. The predicted octanol–water partition coefficient (Wildman–Crippen LogP) is 0.0926. The SMILES string of the molecule is COC1CCC(NS(=O)(=O)N2CCCC(CO)C2)C1. The third-order valence-electron chi connectivity index (χ3n) is 4.11. The lowest BCUT2D eigenvalue weighted by Crippen LogP contribution is -2.49. The van der Waals surface area contributed by atoms with E-state index in [1.807, 2.05) is 0 Å². The van der Waals surface area contributed by atoms with E-state index >= 15 is 0 Å². The molecule has 3 atom stereocenters. The van der Waals surface area contributed by atoms with Gasteiger partial charge < -0.3 is 9.84 Å². The third-order valence-corrected chi connectivity index (χ3v) is 5.76. The van der Waals surface area contributed by atoms with Gasteiger partial charge in [0.1, 0.15) is 0 Å². The summed E-state index contributed by atoms with van der Waals surface area (Å²) in [6, 6.07) is -0.0237. The molecule has 0 aromatic carbocycles. The van der Waals surface area contributed by atoms with Crippen LogP contribution in [0.2, 0.25) is 0 Å². The topological polar surface area (TPSA) is 78.9 Å². The van der Waals surface area contributed by atoms with E-state index in [0.717, 1.165) is 32.1 Å². The van der Waals surface area contributed by atoms with E-state index < -0.39 is 10.2 Å². The second-order valence-corrected chi connectivity index (χ2v) is 7.24. The van der Waals surface area contributed by atoms with Crippen LogP contribution < -0.4 is 4.72 Å². The summed E-state index contributed by atoms with van der Waals surface area (Å²) in [6.45, 7) is 1.03. The fraction of sp³-hybridized carbons (Fsp3) is 1.00. The Hall–Kier alpha value is -0.210. The van der Waals surface area contributed by atoms with Gasteiger partial charge in [-0.05, 0) is 38.0 Å². The van der Waals surface area contributed by atoms with Crippen molar-refractivity contribution in [2.45, 2.75) is 44.2 Å². The molecule has 2 fully saturated rings. The Kier molecular flexibility index (Phi) is 5.19. The second-order valence-electron chi connectivity index (χ2n) is 5.54. The highest BCUT2D eigenvalue weighted by molar-refractivity contribution is 7.87. The molecule has 19 heavy (non-hydrogen) atoms. The highest BCUT2D eigenvalue weighted by atomic mass is 32.2. The Bertz CT molecular complexity index is 387. The number of aliphatic hydroxyl groups excluding tert-OH is 1. The highest BCUT2D eigenvalue weighted by Crippen LogP contribution is 2.24. The fourth-order valence-electron chi connectivity index (χ4n) is 2.94. The molecule has 0 radical (unpaired) electrons. The maximum absolute atomic E-state index is 12.3. The molecule has 0 amide bonds. The number of methoxy groups -OCH3 is 1. The number of hydrogen-bond acceptors (Lipinski definition) is 4. The lowest BCUT2D eigenvalue weighted by atomic mass is 10.0. The molecule has 1 heterocycles. The summed E-state index contributed by atoms with van der Waals surface area (Å²) in [6.07, 6.45) is 4.36. The predicted molar refractivity (Wildman–Crippen MR) is 71.9 cm³/mol. The largest absolute Gasteiger partial charge is 0.396 e. The maximum atomic E-state index is 12.3. The van der Waals surface area contributed by atoms with Gasteiger partial charge in [0, 0.05) is 32.8 Å². The van der Waals surface area contributed by atoms with Crippen molar-refractivity contribution in [3.8, 4) is 0 Å². The van der Waals surface area contributed by atoms with Crippen LogP contribution in [0.3, 0.4) is 0 Å². The fourth-order valence-corrected chi connectivity index (χ4v) is 4.50. The number of aliphatic hydroxyl groups is 1. The first-order valence-corrected chi connectivity index (χ1v) is 8.40. The molecule has 112 valence electrons. The summed E-state index contributed by atoms with van der Waals surface area (Å²) >= 11 is 0. The summed E-state index contributed by atoms with van der Waals surface area (Å²) in [5.41, 5.74) is 0. The zero-order chi connectivity index (χ0) is 13.9. The lowest BCUT2D eigenvalue weighted by molar-refractivity contribution is 0.107. The van der Waals surface area contributed by atoms with Crippen LogP contribution in [0, 0.1) is 5.92 Å². The smallest absolute Gasteiger partial charge is 0.279 e. The van der Waals surface area contributed by atoms with Crippen molar-refractivity contribution < 1.29 is 18.3 Å². The van der Waals surface area contributed by atoms with Crippen molar-refractivity contribution in [2.75, 3.05) is 26.8 Å². The second kappa shape index (κ2) is 6.49. The van der Waals surface area contributed by atoms with Gasteiger partial charge in [-0.3, -0.25) is 0 Å². The van der Waals surface area contributed by atoms with Crippen LogP contribution in [-0.4, -0.2) is 56.8 Å². The molecule has 2 rings (SSSR count). The first-order chi connectivity index (χ1) is 9.05. The summed E-state index contributed by atoms with van der Waals surface area (Å²) in [5, 5.41) is 9.17. The van der Waals surface area contributed by atoms with Gasteiger partial charge in [-0.15, -0.1) is 0 Å². The number of rotatable bonds is 5. The molecule has 7 heteroatoms. The standard InChI is InChI=1S/C12H24N2O4S/c1-18-12-5-4-11(7-12)13-19(16,17)14-6-2-3-10(8-14)9-15/h10-13,15H,2-9H2,1H3. The van der Waals surface area contributed by atoms with E-state index in [0.29, 0.717) is 13.1 Å². The van der Waals surface area contributed by atoms with Gasteiger partial charge >= 0.3 is 0 Å². The Balaban J connectivity index is 1.91. The van der Waals surface area contributed by atoms with Gasteiger partial charge in [-0.1, -0.05) is 0 Å². The molecule has 0 bridgehead atoms. The summed E-state index contributed by atoms with van der Waals surface area (Å²) in [4.78, 5) is 0. The summed E-state index contributed by atoms with van der Waals surface area (Å²) in [7, 11) is -1.76. The van der Waals surface area contributed by atoms with Crippen LogP contribution in [0.15, 0.2) is 0 Å². The van der Waals surface area contributed by atoms with Crippen molar-refractivity contribution in [1.82, 2.24) is 9.03 Å². The van der Waals surface area contributed by atoms with Gasteiger partial charge in [-0.25, -0.2) is 0 Å². The van der Waals surface area contributed by atoms with E-state index in [1.54, 1.807) is 7.11 Å². The molecule has 1 aliphatic heterocycles. The minimum Gasteiger partial charge on any atom is -0.396 e. The van der Waals surface area contributed by atoms with Gasteiger partial charge in [0.25, 0.3) is 10.2 Å². The molecule has 3 unspecified atom stereocenters. The first-order valence-electron chi connectivity index (χ1n) is 6.96. The van der Waals surface area contributed by atoms with Crippen molar-refractivity contribution in [2.24, 2.45) is 5.92 Å². The van der Waals surface area contributed by atoms with Gasteiger partial charge in [-0.2, -0.15) is 17.4 Å². The highest BCUT2D eigenvalue weighted by Gasteiger charge is 2.33. The summed E-state index contributed by atoms with van der Waals surface area (Å²) in [5.74, 6) is 0.0700. The number of ether oxygens (including phenoxy) is 1. The quantitative estimate of drug-likeness (QED) is 0.753. The zero-order valence-electron chi connectivity index (χ0n) is 11.4. The summed E-state index contributed by atoms with van der Waals surface area (Å²) < 4.78 is 34.1. The molecule has 2 aliphatic rings. The number of nitrogens with one attached hydrogen (secondary N) is 1. The molecule has 0 aromatic rings. The van der Waals surface area contributed by atoms with Gasteiger partial charge in [0.15, 0.2) is 0 Å². The molecule has 1 saturated carbocycles. The van der Waals surface area contributed by atoms with Crippen molar-refractivity contribution >= 4 is 10.2 Å². The molecule has 0 spiro atoms. The normalized spacial score (nSPS) is 33.7. The van der Waals surface area contributed by atoms with E-state index in [-0.39, 0.29) is 24.7 Å². The Labute approximate surface area is 115 Å². The van der Waals surface area contributed by atoms with Crippen molar-refractivity contribution in [3.05, 3.63) is 0 Å². The van der Waals surface area contributed by atoms with Gasteiger partial charge in [0.05, 0.1) is 6.10 Å². The number of piperidine rings is 1. The third kappa shape index (κ3) is 3.88. The van der Waals surface area contributed by atoms with E-state index in [4.69, 9.17) is 9.84 Å². The average Bonchev–Trinajstić information content (AvgIpc) is 2.85. The minimum atomic E-state index is -3.42. The number of hydrogen-bond donors (Lipinski definition) is 2.